The lowest BCUT2D eigenvalue weighted by molar-refractivity contribution is 0.361. The maximum absolute atomic E-state index is 4.40. The van der Waals surface area contributed by atoms with Crippen LogP contribution < -0.4 is 10.2 Å². The largest absolute Gasteiger partial charge is 0.348 e. The van der Waals surface area contributed by atoms with E-state index in [4.69, 9.17) is 0 Å². The first-order valence-corrected chi connectivity index (χ1v) is 8.32. The third-order valence-electron chi connectivity index (χ3n) is 4.26. The molecule has 1 aromatic heterocycles. The highest BCUT2D eigenvalue weighted by atomic mass is 32.1. The van der Waals surface area contributed by atoms with Crippen LogP contribution in [-0.4, -0.2) is 30.7 Å². The van der Waals surface area contributed by atoms with Crippen molar-refractivity contribution in [3.05, 3.63) is 23.7 Å². The summed E-state index contributed by atoms with van der Waals surface area (Å²) >= 11 is 1.75. The minimum Gasteiger partial charge on any atom is -0.348 e. The second-order valence-electron chi connectivity index (χ2n) is 5.63. The van der Waals surface area contributed by atoms with Gasteiger partial charge in [0.15, 0.2) is 5.13 Å². The smallest absolute Gasteiger partial charge is 0.185 e. The van der Waals surface area contributed by atoms with E-state index in [1.807, 2.05) is 6.20 Å². The summed E-state index contributed by atoms with van der Waals surface area (Å²) in [6.07, 6.45) is 13.0. The van der Waals surface area contributed by atoms with Crippen molar-refractivity contribution < 1.29 is 0 Å². The molecule has 0 unspecified atom stereocenters. The van der Waals surface area contributed by atoms with E-state index in [1.54, 1.807) is 11.3 Å². The summed E-state index contributed by atoms with van der Waals surface area (Å²) in [6, 6.07) is 0.710. The molecule has 0 amide bonds. The first kappa shape index (κ1) is 13.1. The molecule has 3 rings (SSSR count). The van der Waals surface area contributed by atoms with Gasteiger partial charge in [-0.2, -0.15) is 0 Å². The van der Waals surface area contributed by atoms with Gasteiger partial charge < -0.3 is 10.2 Å². The zero-order valence-corrected chi connectivity index (χ0v) is 12.2. The van der Waals surface area contributed by atoms with Gasteiger partial charge in [0.05, 0.1) is 0 Å². The topological polar surface area (TPSA) is 28.2 Å². The number of nitrogens with one attached hydrogen (secondary N) is 1. The van der Waals surface area contributed by atoms with Crippen LogP contribution in [0.2, 0.25) is 0 Å². The van der Waals surface area contributed by atoms with Crippen molar-refractivity contribution in [2.75, 3.05) is 24.5 Å². The Hall–Kier alpha value is -0.870. The predicted molar refractivity (Wildman–Crippen MR) is 81.8 cm³/mol. The molecule has 3 nitrogen and oxygen atoms in total. The van der Waals surface area contributed by atoms with Crippen LogP contribution in [0.25, 0.3) is 0 Å². The van der Waals surface area contributed by atoms with E-state index in [9.17, 15) is 0 Å². The number of hydrogen-bond donors (Lipinski definition) is 1. The zero-order valence-electron chi connectivity index (χ0n) is 11.4. The van der Waals surface area contributed by atoms with Crippen LogP contribution in [0, 0.1) is 5.92 Å². The molecule has 1 aromatic rings. The standard InChI is InChI=1S/C15H23N3S/c1-2-4-13(5-3-1)12-17-14-6-9-18(10-7-14)15-16-8-11-19-15/h1-2,8,11,13-14,17H,3-7,9-10,12H2/t13-/m0/s1. The van der Waals surface area contributed by atoms with Crippen molar-refractivity contribution in [1.82, 2.24) is 10.3 Å². The molecule has 2 aliphatic rings. The quantitative estimate of drug-likeness (QED) is 0.857. The zero-order chi connectivity index (χ0) is 12.9. The molecular formula is C15H23N3S. The molecule has 1 fully saturated rings. The van der Waals surface area contributed by atoms with E-state index >= 15 is 0 Å². The van der Waals surface area contributed by atoms with Gasteiger partial charge in [0, 0.05) is 30.7 Å². The molecule has 0 aromatic carbocycles. The second-order valence-corrected chi connectivity index (χ2v) is 6.51. The van der Waals surface area contributed by atoms with Crippen LogP contribution in [-0.2, 0) is 0 Å². The van der Waals surface area contributed by atoms with Crippen molar-refractivity contribution in [2.45, 2.75) is 38.1 Å². The molecule has 104 valence electrons. The van der Waals surface area contributed by atoms with Crippen LogP contribution >= 0.6 is 11.3 Å². The van der Waals surface area contributed by atoms with E-state index in [2.05, 4.69) is 32.7 Å². The van der Waals surface area contributed by atoms with Crippen LogP contribution in [0.5, 0.6) is 0 Å². The molecular weight excluding hydrogens is 254 g/mol. The van der Waals surface area contributed by atoms with E-state index < -0.39 is 0 Å². The van der Waals surface area contributed by atoms with Gasteiger partial charge in [0.2, 0.25) is 0 Å². The first-order valence-electron chi connectivity index (χ1n) is 7.44. The third-order valence-corrected chi connectivity index (χ3v) is 5.09. The number of hydrogen-bond acceptors (Lipinski definition) is 4. The molecule has 0 saturated carbocycles. The van der Waals surface area contributed by atoms with Gasteiger partial charge in [-0.15, -0.1) is 11.3 Å². The van der Waals surface area contributed by atoms with Gasteiger partial charge in [-0.25, -0.2) is 4.98 Å². The third kappa shape index (κ3) is 3.57. The van der Waals surface area contributed by atoms with Crippen molar-refractivity contribution in [2.24, 2.45) is 5.92 Å². The summed E-state index contributed by atoms with van der Waals surface area (Å²) in [5.41, 5.74) is 0. The highest BCUT2D eigenvalue weighted by Crippen LogP contribution is 2.22. The lowest BCUT2D eigenvalue weighted by Crippen LogP contribution is -2.44. The van der Waals surface area contributed by atoms with Crippen LogP contribution in [0.3, 0.4) is 0 Å². The summed E-state index contributed by atoms with van der Waals surface area (Å²) in [4.78, 5) is 6.82. The van der Waals surface area contributed by atoms with Crippen molar-refractivity contribution in [3.63, 3.8) is 0 Å². The van der Waals surface area contributed by atoms with Gasteiger partial charge in [-0.3, -0.25) is 0 Å². The maximum atomic E-state index is 4.40. The van der Waals surface area contributed by atoms with Crippen molar-refractivity contribution >= 4 is 16.5 Å². The normalized spacial score (nSPS) is 24.8. The average Bonchev–Trinajstić information content (AvgIpc) is 3.01. The van der Waals surface area contributed by atoms with Gasteiger partial charge in [-0.1, -0.05) is 12.2 Å². The number of nitrogens with zero attached hydrogens (tertiary/aromatic N) is 2. The minimum atomic E-state index is 0.710. The Morgan fingerprint density at radius 1 is 1.26 bits per heavy atom. The SMILES string of the molecule is C1=CC[C@H](CNC2CCN(c3nccs3)CC2)CC1. The highest BCUT2D eigenvalue weighted by Gasteiger charge is 2.21. The van der Waals surface area contributed by atoms with E-state index in [1.165, 1.54) is 43.8 Å². The molecule has 0 spiro atoms. The number of piperidine rings is 1. The summed E-state index contributed by atoms with van der Waals surface area (Å²) < 4.78 is 0. The summed E-state index contributed by atoms with van der Waals surface area (Å²) in [5, 5.41) is 7.04. The maximum Gasteiger partial charge on any atom is 0.185 e. The fourth-order valence-corrected chi connectivity index (χ4v) is 3.72. The Morgan fingerprint density at radius 3 is 2.84 bits per heavy atom. The lowest BCUT2D eigenvalue weighted by atomic mass is 9.93. The predicted octanol–water partition coefficient (Wildman–Crippen LogP) is 3.06. The van der Waals surface area contributed by atoms with Crippen LogP contribution in [0.15, 0.2) is 23.7 Å². The van der Waals surface area contributed by atoms with Gasteiger partial charge >= 0.3 is 0 Å². The van der Waals surface area contributed by atoms with E-state index in [0.29, 0.717) is 6.04 Å². The summed E-state index contributed by atoms with van der Waals surface area (Å²) in [5.74, 6) is 0.863. The monoisotopic (exact) mass is 277 g/mol. The molecule has 4 heteroatoms. The fraction of sp³-hybridized carbons (Fsp3) is 0.667. The molecule has 19 heavy (non-hydrogen) atoms. The molecule has 0 radical (unpaired) electrons. The van der Waals surface area contributed by atoms with Crippen LogP contribution in [0.4, 0.5) is 5.13 Å². The summed E-state index contributed by atoms with van der Waals surface area (Å²) in [6.45, 7) is 3.50. The van der Waals surface area contributed by atoms with E-state index in [-0.39, 0.29) is 0 Å². The number of allylic oxidation sites excluding steroid dienone is 2. The summed E-state index contributed by atoms with van der Waals surface area (Å²) in [7, 11) is 0. The molecule has 1 aliphatic heterocycles. The van der Waals surface area contributed by atoms with Crippen molar-refractivity contribution in [1.29, 1.82) is 0 Å². The molecule has 1 N–H and O–H groups in total. The Bertz CT molecular complexity index is 394. The first-order chi connectivity index (χ1) is 9.42. The molecule has 1 saturated heterocycles. The number of thiazole rings is 1. The Labute approximate surface area is 119 Å². The van der Waals surface area contributed by atoms with Gasteiger partial charge in [-0.05, 0) is 44.6 Å². The number of anilines is 1. The molecule has 0 bridgehead atoms. The van der Waals surface area contributed by atoms with Gasteiger partial charge in [0.1, 0.15) is 0 Å². The minimum absolute atomic E-state index is 0.710. The van der Waals surface area contributed by atoms with Gasteiger partial charge in [0.25, 0.3) is 0 Å². The fourth-order valence-electron chi connectivity index (χ4n) is 3.02. The highest BCUT2D eigenvalue weighted by molar-refractivity contribution is 7.13. The molecule has 2 heterocycles. The lowest BCUT2D eigenvalue weighted by Gasteiger charge is -2.33. The molecule has 1 atom stereocenters. The van der Waals surface area contributed by atoms with Crippen LogP contribution in [0.1, 0.15) is 32.1 Å². The Kier molecular flexibility index (Phi) is 4.51. The number of aromatic nitrogens is 1. The Balaban J connectivity index is 1.39. The van der Waals surface area contributed by atoms with E-state index in [0.717, 1.165) is 19.0 Å². The second kappa shape index (κ2) is 6.53. The number of rotatable bonds is 4. The van der Waals surface area contributed by atoms with Crippen molar-refractivity contribution in [3.8, 4) is 0 Å². The average molecular weight is 277 g/mol. The molecule has 1 aliphatic carbocycles. The Morgan fingerprint density at radius 2 is 2.16 bits per heavy atom.